The summed E-state index contributed by atoms with van der Waals surface area (Å²) in [4.78, 5) is 12.8. The highest BCUT2D eigenvalue weighted by Gasteiger charge is 2.34. The fourth-order valence-corrected chi connectivity index (χ4v) is 4.85. The molecule has 2 aromatic rings. The van der Waals surface area contributed by atoms with E-state index in [4.69, 9.17) is 11.7 Å². The number of hydrogen-bond donors (Lipinski definition) is 3. The number of aliphatic hydroxyl groups is 1. The Bertz CT molecular complexity index is 1170. The van der Waals surface area contributed by atoms with Gasteiger partial charge in [-0.2, -0.15) is 5.26 Å². The third kappa shape index (κ3) is 3.87. The molecule has 0 saturated heterocycles. The van der Waals surface area contributed by atoms with Gasteiger partial charge in [0.15, 0.2) is 0 Å². The van der Waals surface area contributed by atoms with Gasteiger partial charge in [0.05, 0.1) is 11.6 Å². The molecule has 1 aromatic heterocycles. The van der Waals surface area contributed by atoms with Gasteiger partial charge >= 0.3 is 0 Å². The van der Waals surface area contributed by atoms with Gasteiger partial charge in [-0.1, -0.05) is 5.92 Å². The van der Waals surface area contributed by atoms with Gasteiger partial charge in [-0.25, -0.2) is 17.5 Å². The molecule has 3 N–H and O–H groups in total. The van der Waals surface area contributed by atoms with Gasteiger partial charge in [0.2, 0.25) is 10.0 Å². The Balaban J connectivity index is 1.97. The SMILES string of the molecule is C#CC(O)[C@H]1CCc2c(cn(C)c2C(=O)Nc2ccc(F)c(C#N)c2)S(=O)(=O)N1. The Kier molecular flexibility index (Phi) is 5.44. The lowest BCUT2D eigenvalue weighted by Gasteiger charge is -2.17. The lowest BCUT2D eigenvalue weighted by atomic mass is 10.0. The quantitative estimate of drug-likeness (QED) is 0.641. The summed E-state index contributed by atoms with van der Waals surface area (Å²) in [6.07, 6.45) is 5.57. The number of nitriles is 1. The molecule has 1 aliphatic rings. The molecule has 1 unspecified atom stereocenters. The topological polar surface area (TPSA) is 124 Å². The predicted octanol–water partition coefficient (Wildman–Crippen LogP) is 0.875. The number of hydrogen-bond acceptors (Lipinski definition) is 5. The number of nitrogens with zero attached hydrogens (tertiary/aromatic N) is 2. The van der Waals surface area contributed by atoms with Crippen molar-refractivity contribution >= 4 is 21.6 Å². The minimum absolute atomic E-state index is 0.0753. The van der Waals surface area contributed by atoms with E-state index in [1.807, 2.05) is 0 Å². The first-order valence-corrected chi connectivity index (χ1v) is 10.0. The number of aryl methyl sites for hydroxylation is 1. The van der Waals surface area contributed by atoms with Crippen LogP contribution in [-0.2, 0) is 23.5 Å². The molecule has 29 heavy (non-hydrogen) atoms. The number of anilines is 1. The van der Waals surface area contributed by atoms with Gasteiger partial charge in [0, 0.05) is 24.5 Å². The van der Waals surface area contributed by atoms with Crippen molar-refractivity contribution in [2.45, 2.75) is 29.9 Å². The van der Waals surface area contributed by atoms with Crippen molar-refractivity contribution in [1.29, 1.82) is 5.26 Å². The van der Waals surface area contributed by atoms with E-state index in [1.54, 1.807) is 6.07 Å². The highest BCUT2D eigenvalue weighted by molar-refractivity contribution is 7.89. The number of nitrogens with one attached hydrogen (secondary N) is 2. The summed E-state index contributed by atoms with van der Waals surface area (Å²) in [5, 5.41) is 21.3. The van der Waals surface area contributed by atoms with Crippen LogP contribution in [0.15, 0.2) is 29.3 Å². The van der Waals surface area contributed by atoms with E-state index in [0.717, 1.165) is 6.07 Å². The number of carbonyl (C=O) groups excluding carboxylic acids is 1. The molecule has 0 bridgehead atoms. The first-order chi connectivity index (χ1) is 13.7. The zero-order valence-corrected chi connectivity index (χ0v) is 16.1. The number of benzene rings is 1. The molecular formula is C19H17FN4O4S. The number of sulfonamides is 1. The summed E-state index contributed by atoms with van der Waals surface area (Å²) in [6, 6.07) is 4.35. The average molecular weight is 416 g/mol. The minimum atomic E-state index is -4.01. The van der Waals surface area contributed by atoms with E-state index in [1.165, 1.54) is 29.9 Å². The minimum Gasteiger partial charge on any atom is -0.379 e. The van der Waals surface area contributed by atoms with Crippen LogP contribution in [0.4, 0.5) is 10.1 Å². The summed E-state index contributed by atoms with van der Waals surface area (Å²) in [5.41, 5.74) is 0.348. The molecule has 10 heteroatoms. The van der Waals surface area contributed by atoms with Gasteiger partial charge in [-0.05, 0) is 31.0 Å². The van der Waals surface area contributed by atoms with Crippen LogP contribution in [0.1, 0.15) is 28.0 Å². The maximum absolute atomic E-state index is 13.5. The van der Waals surface area contributed by atoms with Crippen LogP contribution in [0.3, 0.4) is 0 Å². The number of aliphatic hydroxyl groups excluding tert-OH is 1. The van der Waals surface area contributed by atoms with Crippen molar-refractivity contribution < 1.29 is 22.7 Å². The van der Waals surface area contributed by atoms with Crippen molar-refractivity contribution in [3.05, 3.63) is 47.0 Å². The molecular weight excluding hydrogens is 399 g/mol. The van der Waals surface area contributed by atoms with Gasteiger partial charge in [-0.15, -0.1) is 6.42 Å². The van der Waals surface area contributed by atoms with Gasteiger partial charge in [0.1, 0.15) is 28.6 Å². The van der Waals surface area contributed by atoms with E-state index < -0.39 is 33.9 Å². The highest BCUT2D eigenvalue weighted by Crippen LogP contribution is 2.28. The molecule has 0 aliphatic carbocycles. The average Bonchev–Trinajstić information content (AvgIpc) is 2.96. The summed E-state index contributed by atoms with van der Waals surface area (Å²) in [5.74, 6) is 0.773. The first kappa shape index (κ1) is 20.6. The van der Waals surface area contributed by atoms with Crippen LogP contribution in [-0.4, -0.2) is 36.1 Å². The second-order valence-corrected chi connectivity index (χ2v) is 8.25. The van der Waals surface area contributed by atoms with Crippen LogP contribution in [0.5, 0.6) is 0 Å². The Labute approximate surface area is 167 Å². The summed E-state index contributed by atoms with van der Waals surface area (Å²) < 4.78 is 42.6. The molecule has 1 aliphatic heterocycles. The summed E-state index contributed by atoms with van der Waals surface area (Å²) in [7, 11) is -2.48. The summed E-state index contributed by atoms with van der Waals surface area (Å²) >= 11 is 0. The third-order valence-electron chi connectivity index (χ3n) is 4.66. The van der Waals surface area contributed by atoms with Gasteiger partial charge in [0.25, 0.3) is 5.91 Å². The lowest BCUT2D eigenvalue weighted by Crippen LogP contribution is -2.41. The fraction of sp³-hybridized carbons (Fsp3) is 0.263. The zero-order chi connectivity index (χ0) is 21.3. The van der Waals surface area contributed by atoms with E-state index in [2.05, 4.69) is 16.0 Å². The normalized spacial score (nSPS) is 18.6. The molecule has 0 fully saturated rings. The van der Waals surface area contributed by atoms with E-state index >= 15 is 0 Å². The lowest BCUT2D eigenvalue weighted by molar-refractivity contribution is 0.101. The third-order valence-corrected chi connectivity index (χ3v) is 6.20. The number of amides is 1. The van der Waals surface area contributed by atoms with Crippen LogP contribution in [0.2, 0.25) is 0 Å². The number of rotatable bonds is 3. The predicted molar refractivity (Wildman–Crippen MR) is 102 cm³/mol. The largest absolute Gasteiger partial charge is 0.379 e. The molecule has 0 saturated carbocycles. The molecule has 1 amide bonds. The van der Waals surface area contributed by atoms with Gasteiger partial charge < -0.3 is 15.0 Å². The monoisotopic (exact) mass is 416 g/mol. The molecule has 0 spiro atoms. The Hall–Kier alpha value is -3.18. The van der Waals surface area contributed by atoms with Crippen molar-refractivity contribution in [2.24, 2.45) is 7.05 Å². The maximum Gasteiger partial charge on any atom is 0.272 e. The molecule has 8 nitrogen and oxygen atoms in total. The van der Waals surface area contributed by atoms with Crippen molar-refractivity contribution in [3.8, 4) is 18.4 Å². The Morgan fingerprint density at radius 2 is 2.24 bits per heavy atom. The smallest absolute Gasteiger partial charge is 0.272 e. The molecule has 0 radical (unpaired) electrons. The van der Waals surface area contributed by atoms with E-state index in [-0.39, 0.29) is 40.2 Å². The molecule has 2 atom stereocenters. The van der Waals surface area contributed by atoms with Crippen LogP contribution in [0, 0.1) is 29.5 Å². The van der Waals surface area contributed by atoms with Crippen LogP contribution in [0.25, 0.3) is 0 Å². The van der Waals surface area contributed by atoms with Crippen LogP contribution >= 0.6 is 0 Å². The molecule has 150 valence electrons. The number of carbonyl (C=O) groups is 1. The molecule has 3 rings (SSSR count). The number of terminal acetylenes is 1. The standard InChI is InChI=1S/C19H17FN4O4S/c1-3-16(25)15-7-5-13-17(29(27,28)23-15)10-24(2)18(13)19(26)22-12-4-6-14(20)11(8-12)9-21/h1,4,6,8,10,15-16,23,25H,5,7H2,2H3,(H,22,26)/t15-,16?/m1/s1. The first-order valence-electron chi connectivity index (χ1n) is 8.53. The number of halogens is 1. The molecule has 2 heterocycles. The highest BCUT2D eigenvalue weighted by atomic mass is 32.2. The second kappa shape index (κ2) is 7.68. The second-order valence-electron chi connectivity index (χ2n) is 6.57. The van der Waals surface area contributed by atoms with E-state index in [9.17, 15) is 22.7 Å². The van der Waals surface area contributed by atoms with Crippen LogP contribution < -0.4 is 10.0 Å². The Morgan fingerprint density at radius 1 is 1.52 bits per heavy atom. The zero-order valence-electron chi connectivity index (χ0n) is 15.3. The van der Waals surface area contributed by atoms with Crippen molar-refractivity contribution in [1.82, 2.24) is 9.29 Å². The maximum atomic E-state index is 13.5. The fourth-order valence-electron chi connectivity index (χ4n) is 3.26. The molecule has 1 aromatic carbocycles. The summed E-state index contributed by atoms with van der Waals surface area (Å²) in [6.45, 7) is 0. The number of aromatic nitrogens is 1. The number of fused-ring (bicyclic) bond motifs is 1. The van der Waals surface area contributed by atoms with Gasteiger partial charge in [-0.3, -0.25) is 4.79 Å². The van der Waals surface area contributed by atoms with E-state index in [0.29, 0.717) is 0 Å². The Morgan fingerprint density at radius 3 is 2.90 bits per heavy atom. The van der Waals surface area contributed by atoms with Crippen molar-refractivity contribution in [3.63, 3.8) is 0 Å². The van der Waals surface area contributed by atoms with Crippen molar-refractivity contribution in [2.75, 3.05) is 5.32 Å².